The van der Waals surface area contributed by atoms with E-state index in [0.717, 1.165) is 109 Å². The number of nitrogens with zero attached hydrogens (tertiary/aromatic N) is 3. The molecular formula is C39H43N5O4. The summed E-state index contributed by atoms with van der Waals surface area (Å²) in [7, 11) is 2.80. The van der Waals surface area contributed by atoms with Gasteiger partial charge >= 0.3 is 11.9 Å². The topological polar surface area (TPSA) is 129 Å². The Morgan fingerprint density at radius 3 is 2.04 bits per heavy atom. The normalized spacial score (nSPS) is 18.0. The van der Waals surface area contributed by atoms with Gasteiger partial charge in [-0.15, -0.1) is 0 Å². The van der Waals surface area contributed by atoms with Gasteiger partial charge in [0.05, 0.1) is 48.4 Å². The number of allylic oxidation sites excluding steroid dienone is 10. The number of aromatic amines is 1. The third-order valence-electron chi connectivity index (χ3n) is 9.54. The molecule has 0 atom stereocenters. The number of nitrogens with one attached hydrogen (secondary N) is 2. The summed E-state index contributed by atoms with van der Waals surface area (Å²) >= 11 is 0. The second-order valence-corrected chi connectivity index (χ2v) is 12.1. The highest BCUT2D eigenvalue weighted by Gasteiger charge is 2.31. The molecule has 1 aromatic heterocycles. The molecule has 2 N–H and O–H groups in total. The van der Waals surface area contributed by atoms with Crippen LogP contribution in [0.3, 0.4) is 0 Å². The van der Waals surface area contributed by atoms with Gasteiger partial charge in [-0.2, -0.15) is 0 Å². The van der Waals surface area contributed by atoms with Crippen LogP contribution in [0.2, 0.25) is 0 Å². The van der Waals surface area contributed by atoms with E-state index in [9.17, 15) is 9.59 Å². The van der Waals surface area contributed by atoms with Gasteiger partial charge in [-0.25, -0.2) is 15.0 Å². The maximum absolute atomic E-state index is 12.3. The number of hydrogen-bond acceptors (Lipinski definition) is 8. The minimum absolute atomic E-state index is 0.220. The van der Waals surface area contributed by atoms with Crippen molar-refractivity contribution in [1.29, 1.82) is 5.41 Å². The first-order valence-electron chi connectivity index (χ1n) is 16.4. The van der Waals surface area contributed by atoms with Gasteiger partial charge in [-0.1, -0.05) is 13.8 Å². The van der Waals surface area contributed by atoms with Crippen molar-refractivity contribution in [2.75, 3.05) is 14.2 Å². The molecule has 0 aromatic carbocycles. The Morgan fingerprint density at radius 2 is 1.40 bits per heavy atom. The largest absolute Gasteiger partial charge is 0.469 e. The first kappa shape index (κ1) is 34.2. The van der Waals surface area contributed by atoms with Crippen LogP contribution >= 0.6 is 0 Å². The van der Waals surface area contributed by atoms with Gasteiger partial charge in [-0.3, -0.25) is 15.0 Å². The van der Waals surface area contributed by atoms with Gasteiger partial charge in [0, 0.05) is 29.8 Å². The number of ether oxygens (including phenoxy) is 2. The number of hydrogen-bond donors (Lipinski definition) is 2. The summed E-state index contributed by atoms with van der Waals surface area (Å²) in [5, 5.41) is 7.65. The molecule has 9 heteroatoms. The van der Waals surface area contributed by atoms with Crippen molar-refractivity contribution >= 4 is 47.1 Å². The molecule has 0 fully saturated rings. The van der Waals surface area contributed by atoms with Crippen molar-refractivity contribution in [2.45, 2.75) is 80.1 Å². The third-order valence-corrected chi connectivity index (χ3v) is 9.54. The van der Waals surface area contributed by atoms with E-state index in [1.54, 1.807) is 6.08 Å². The number of fused-ring (bicyclic) bond motifs is 5. The molecule has 0 radical (unpaired) electrons. The van der Waals surface area contributed by atoms with Gasteiger partial charge in [0.2, 0.25) is 0 Å². The quantitative estimate of drug-likeness (QED) is 0.209. The standard InChI is InChI=1S/C39H43N5O4/c1-9-25-24(6)38-29(12-11-17-40)39-26(10-2)21(3)32(43-39)18-30-22(4)27(13-15-36(45)47-7)34(41-30)20-35-28(14-16-37(46)48-8)23(5)31(42-35)19-33(25)44-38/h11-12,18-20,40,42H,9-10,13-16H2,1-8H3/b29-12-,32-18?,33-19?,34-20?. The number of carbonyl (C=O) groups excluding carboxylic acids is 2. The van der Waals surface area contributed by atoms with E-state index < -0.39 is 0 Å². The summed E-state index contributed by atoms with van der Waals surface area (Å²) in [6, 6.07) is 0. The summed E-state index contributed by atoms with van der Waals surface area (Å²) in [5.74, 6) is 1.84. The minimum Gasteiger partial charge on any atom is -0.469 e. The maximum atomic E-state index is 12.3. The van der Waals surface area contributed by atoms with Crippen LogP contribution in [0.4, 0.5) is 0 Å². The molecule has 0 saturated heterocycles. The van der Waals surface area contributed by atoms with E-state index in [2.05, 4.69) is 51.5 Å². The number of aliphatic imine (C=N–C) groups is 3. The van der Waals surface area contributed by atoms with Crippen LogP contribution in [0.15, 0.2) is 89.3 Å². The third kappa shape index (κ3) is 6.38. The van der Waals surface area contributed by atoms with E-state index in [1.807, 2.05) is 25.2 Å². The number of esters is 2. The van der Waals surface area contributed by atoms with Crippen LogP contribution in [0, 0.1) is 12.3 Å². The molecule has 0 amide bonds. The molecule has 1 aromatic rings. The van der Waals surface area contributed by atoms with Crippen LogP contribution in [-0.2, 0) is 25.5 Å². The van der Waals surface area contributed by atoms with Gasteiger partial charge in [-0.05, 0) is 134 Å². The van der Waals surface area contributed by atoms with E-state index >= 15 is 0 Å². The zero-order valence-corrected chi connectivity index (χ0v) is 29.1. The average Bonchev–Trinajstić information content (AvgIpc) is 3.75. The molecule has 0 saturated carbocycles. The van der Waals surface area contributed by atoms with Crippen molar-refractivity contribution in [3.05, 3.63) is 96.8 Å². The number of rotatable bonds is 9. The van der Waals surface area contributed by atoms with Crippen LogP contribution in [-0.4, -0.2) is 54.1 Å². The Bertz CT molecular complexity index is 1970. The van der Waals surface area contributed by atoms with Crippen molar-refractivity contribution in [1.82, 2.24) is 4.98 Å². The van der Waals surface area contributed by atoms with Crippen LogP contribution in [0.1, 0.15) is 89.2 Å². The molecule has 0 spiro atoms. The summed E-state index contributed by atoms with van der Waals surface area (Å²) in [4.78, 5) is 43.7. The highest BCUT2D eigenvalue weighted by Crippen LogP contribution is 2.39. The van der Waals surface area contributed by atoms with Crippen molar-refractivity contribution in [2.24, 2.45) is 15.0 Å². The zero-order valence-electron chi connectivity index (χ0n) is 29.1. The summed E-state index contributed by atoms with van der Waals surface area (Å²) < 4.78 is 9.95. The fourth-order valence-corrected chi connectivity index (χ4v) is 6.76. The number of H-pyrrole nitrogens is 1. The number of methoxy groups -OCH3 is 2. The second-order valence-electron chi connectivity index (χ2n) is 12.1. The lowest BCUT2D eigenvalue weighted by molar-refractivity contribution is -0.141. The van der Waals surface area contributed by atoms with Gasteiger partial charge < -0.3 is 14.5 Å². The predicted molar refractivity (Wildman–Crippen MR) is 193 cm³/mol. The monoisotopic (exact) mass is 645 g/mol. The van der Waals surface area contributed by atoms with Crippen molar-refractivity contribution in [3.8, 4) is 0 Å². The molecule has 9 nitrogen and oxygen atoms in total. The Morgan fingerprint density at radius 1 is 0.771 bits per heavy atom. The Kier molecular flexibility index (Phi) is 10.2. The van der Waals surface area contributed by atoms with Crippen LogP contribution in [0.5, 0.6) is 0 Å². The fourth-order valence-electron chi connectivity index (χ4n) is 6.76. The Balaban J connectivity index is 1.84. The fraction of sp³-hybridized carbons (Fsp3) is 0.359. The molecule has 0 unspecified atom stereocenters. The highest BCUT2D eigenvalue weighted by atomic mass is 16.5. The van der Waals surface area contributed by atoms with E-state index in [1.165, 1.54) is 14.2 Å². The lowest BCUT2D eigenvalue weighted by atomic mass is 9.91. The van der Waals surface area contributed by atoms with Crippen molar-refractivity contribution in [3.63, 3.8) is 0 Å². The summed E-state index contributed by atoms with van der Waals surface area (Å²) in [5.41, 5.74) is 15.7. The zero-order chi connectivity index (χ0) is 34.7. The minimum atomic E-state index is -0.288. The summed E-state index contributed by atoms with van der Waals surface area (Å²) in [6.07, 6.45) is 12.5. The molecule has 8 bridgehead atoms. The van der Waals surface area contributed by atoms with E-state index in [-0.39, 0.29) is 24.8 Å². The average molecular weight is 646 g/mol. The lowest BCUT2D eigenvalue weighted by Crippen LogP contribution is -2.14. The molecule has 248 valence electrons. The van der Waals surface area contributed by atoms with E-state index in [4.69, 9.17) is 29.9 Å². The first-order valence-corrected chi connectivity index (χ1v) is 16.4. The lowest BCUT2D eigenvalue weighted by Gasteiger charge is -2.11. The number of aromatic nitrogens is 1. The first-order chi connectivity index (χ1) is 23.1. The SMILES string of the molecule is CCC1=C(C)C2=NC1=Cc1[nH]c(c(CCC(=O)OC)c1C)C=C1N=C(C=C3N=C(C(CC)=C3C)/C2=C\C=C=N)C(C)=C1CCC(=O)OC. The van der Waals surface area contributed by atoms with Crippen molar-refractivity contribution < 1.29 is 19.1 Å². The molecule has 4 aliphatic rings. The Hall–Kier alpha value is -5.14. The van der Waals surface area contributed by atoms with Gasteiger partial charge in [0.15, 0.2) is 0 Å². The molecule has 48 heavy (non-hydrogen) atoms. The predicted octanol–water partition coefficient (Wildman–Crippen LogP) is 7.83. The Labute approximate surface area is 282 Å². The molecule has 0 aliphatic carbocycles. The molecule has 5 heterocycles. The maximum Gasteiger partial charge on any atom is 0.305 e. The van der Waals surface area contributed by atoms with Gasteiger partial charge in [0.1, 0.15) is 0 Å². The smallest absolute Gasteiger partial charge is 0.305 e. The van der Waals surface area contributed by atoms with Gasteiger partial charge in [0.25, 0.3) is 0 Å². The molecular weight excluding hydrogens is 602 g/mol. The highest BCUT2D eigenvalue weighted by molar-refractivity contribution is 6.37. The summed E-state index contributed by atoms with van der Waals surface area (Å²) in [6.45, 7) is 12.5. The second kappa shape index (κ2) is 14.3. The van der Waals surface area contributed by atoms with Crippen LogP contribution in [0.25, 0.3) is 12.2 Å². The van der Waals surface area contributed by atoms with E-state index in [0.29, 0.717) is 12.8 Å². The van der Waals surface area contributed by atoms with Crippen LogP contribution < -0.4 is 0 Å². The molecule has 5 rings (SSSR count). The number of carbonyl (C=O) groups is 2. The molecule has 4 aliphatic heterocycles.